The molecule has 0 aliphatic carbocycles. The van der Waals surface area contributed by atoms with Gasteiger partial charge in [-0.1, -0.05) is 12.0 Å². The average Bonchev–Trinajstić information content (AvgIpc) is 2.81. The van der Waals surface area contributed by atoms with Crippen molar-refractivity contribution in [2.45, 2.75) is 25.7 Å². The first-order chi connectivity index (χ1) is 15.5. The largest absolute Gasteiger partial charge is 0.494 e. The number of hydrogen-bond acceptors (Lipinski definition) is 7. The molecule has 3 aromatic rings. The molecule has 164 valence electrons. The molecule has 8 nitrogen and oxygen atoms in total. The number of methoxy groups -OCH3 is 2. The van der Waals surface area contributed by atoms with Crippen molar-refractivity contribution < 1.29 is 19.1 Å². The molecule has 3 rings (SSSR count). The highest BCUT2D eigenvalue weighted by Gasteiger charge is 2.13. The van der Waals surface area contributed by atoms with Gasteiger partial charge in [-0.05, 0) is 37.1 Å². The van der Waals surface area contributed by atoms with Crippen molar-refractivity contribution in [1.82, 2.24) is 9.97 Å². The third-order valence-electron chi connectivity index (χ3n) is 4.79. The number of rotatable bonds is 9. The fourth-order valence-corrected chi connectivity index (χ4v) is 3.14. The molecular formula is C24H24N4O4. The number of nitrogens with zero attached hydrogens (tertiary/aromatic N) is 2. The van der Waals surface area contributed by atoms with Crippen LogP contribution in [-0.2, 0) is 14.3 Å². The normalized spacial score (nSPS) is 10.3. The number of esters is 1. The van der Waals surface area contributed by atoms with Gasteiger partial charge in [0.05, 0.1) is 25.4 Å². The van der Waals surface area contributed by atoms with Gasteiger partial charge in [0.25, 0.3) is 0 Å². The summed E-state index contributed by atoms with van der Waals surface area (Å²) in [4.78, 5) is 32.3. The topological polar surface area (TPSA) is 102 Å². The lowest BCUT2D eigenvalue weighted by Crippen LogP contribution is -2.12. The lowest BCUT2D eigenvalue weighted by Gasteiger charge is -2.14. The van der Waals surface area contributed by atoms with Crippen LogP contribution in [-0.4, -0.2) is 36.1 Å². The Kier molecular flexibility index (Phi) is 7.60. The zero-order valence-electron chi connectivity index (χ0n) is 18.0. The SMILES string of the molecule is C#Cc1cccc(Nc2ncnc3cc(OC)c(NC(=O)CCCCC(=O)OC)cc23)c1. The fraction of sp³-hybridized carbons (Fsp3) is 0.250. The summed E-state index contributed by atoms with van der Waals surface area (Å²) in [5, 5.41) is 6.84. The van der Waals surface area contributed by atoms with Gasteiger partial charge in [0.15, 0.2) is 0 Å². The Labute approximate surface area is 186 Å². The summed E-state index contributed by atoms with van der Waals surface area (Å²) in [5.41, 5.74) is 2.69. The summed E-state index contributed by atoms with van der Waals surface area (Å²) in [7, 11) is 2.87. The van der Waals surface area contributed by atoms with E-state index in [-0.39, 0.29) is 24.7 Å². The summed E-state index contributed by atoms with van der Waals surface area (Å²) in [5.74, 6) is 3.20. The second-order valence-corrected chi connectivity index (χ2v) is 6.97. The van der Waals surface area contributed by atoms with Crippen LogP contribution < -0.4 is 15.4 Å². The molecule has 1 heterocycles. The number of amides is 1. The molecule has 0 unspecified atom stereocenters. The molecule has 32 heavy (non-hydrogen) atoms. The first kappa shape index (κ1) is 22.6. The molecular weight excluding hydrogens is 408 g/mol. The molecule has 0 atom stereocenters. The van der Waals surface area contributed by atoms with E-state index in [2.05, 4.69) is 31.3 Å². The van der Waals surface area contributed by atoms with Gasteiger partial charge in [-0.2, -0.15) is 0 Å². The number of terminal acetylenes is 1. The number of carbonyl (C=O) groups excluding carboxylic acids is 2. The quantitative estimate of drug-likeness (QED) is 0.299. The van der Waals surface area contributed by atoms with Crippen LogP contribution in [0.2, 0.25) is 0 Å². The lowest BCUT2D eigenvalue weighted by atomic mass is 10.1. The number of benzene rings is 2. The van der Waals surface area contributed by atoms with Gasteiger partial charge < -0.3 is 20.1 Å². The molecule has 2 N–H and O–H groups in total. The molecule has 0 aliphatic rings. The first-order valence-corrected chi connectivity index (χ1v) is 10.1. The highest BCUT2D eigenvalue weighted by atomic mass is 16.5. The van der Waals surface area contributed by atoms with Crippen LogP contribution in [0.4, 0.5) is 17.2 Å². The third-order valence-corrected chi connectivity index (χ3v) is 4.79. The number of nitrogens with one attached hydrogen (secondary N) is 2. The minimum atomic E-state index is -0.283. The number of hydrogen-bond donors (Lipinski definition) is 2. The molecule has 2 aromatic carbocycles. The van der Waals surface area contributed by atoms with Crippen LogP contribution in [0.1, 0.15) is 31.2 Å². The van der Waals surface area contributed by atoms with Crippen LogP contribution in [0.3, 0.4) is 0 Å². The average molecular weight is 432 g/mol. The van der Waals surface area contributed by atoms with E-state index in [9.17, 15) is 9.59 Å². The maximum Gasteiger partial charge on any atom is 0.305 e. The van der Waals surface area contributed by atoms with Crippen molar-refractivity contribution in [1.29, 1.82) is 0 Å². The van der Waals surface area contributed by atoms with Gasteiger partial charge >= 0.3 is 5.97 Å². The van der Waals surface area contributed by atoms with Crippen molar-refractivity contribution in [3.05, 3.63) is 48.3 Å². The number of carbonyl (C=O) groups is 2. The molecule has 0 aliphatic heterocycles. The molecule has 0 saturated carbocycles. The minimum absolute atomic E-state index is 0.180. The molecule has 0 fully saturated rings. The third kappa shape index (κ3) is 5.73. The molecule has 1 aromatic heterocycles. The Morgan fingerprint density at radius 1 is 1.09 bits per heavy atom. The highest BCUT2D eigenvalue weighted by Crippen LogP contribution is 2.33. The summed E-state index contributed by atoms with van der Waals surface area (Å²) in [6.45, 7) is 0. The van der Waals surface area contributed by atoms with Crippen molar-refractivity contribution in [2.75, 3.05) is 24.9 Å². The van der Waals surface area contributed by atoms with Gasteiger partial charge in [-0.25, -0.2) is 9.97 Å². The molecule has 1 amide bonds. The highest BCUT2D eigenvalue weighted by molar-refractivity contribution is 5.99. The summed E-state index contributed by atoms with van der Waals surface area (Å²) in [6, 6.07) is 10.9. The predicted molar refractivity (Wildman–Crippen MR) is 123 cm³/mol. The smallest absolute Gasteiger partial charge is 0.305 e. The predicted octanol–water partition coefficient (Wildman–Crippen LogP) is 4.04. The Hall–Kier alpha value is -4.12. The van der Waals surface area contributed by atoms with Crippen LogP contribution in [0.5, 0.6) is 5.75 Å². The standard InChI is InChI=1S/C24H24N4O4/c1-4-16-8-7-9-17(12-16)27-24-18-13-20(21(31-2)14-19(18)25-15-26-24)28-22(29)10-5-6-11-23(30)32-3/h1,7-9,12-15H,5-6,10-11H2,2-3H3,(H,28,29)(H,25,26,27). The molecule has 8 heteroatoms. The van der Waals surface area contributed by atoms with E-state index in [4.69, 9.17) is 11.2 Å². The van der Waals surface area contributed by atoms with Crippen LogP contribution in [0.25, 0.3) is 10.9 Å². The number of ether oxygens (including phenoxy) is 2. The van der Waals surface area contributed by atoms with E-state index >= 15 is 0 Å². The van der Waals surface area contributed by atoms with Crippen LogP contribution in [0.15, 0.2) is 42.7 Å². The molecule has 0 radical (unpaired) electrons. The van der Waals surface area contributed by atoms with Crippen molar-refractivity contribution in [3.8, 4) is 18.1 Å². The maximum atomic E-state index is 12.4. The second-order valence-electron chi connectivity index (χ2n) is 6.97. The van der Waals surface area contributed by atoms with Gasteiger partial charge in [-0.3, -0.25) is 9.59 Å². The zero-order chi connectivity index (χ0) is 22.9. The Morgan fingerprint density at radius 3 is 2.66 bits per heavy atom. The summed E-state index contributed by atoms with van der Waals surface area (Å²) >= 11 is 0. The Bertz CT molecular complexity index is 1170. The van der Waals surface area contributed by atoms with E-state index < -0.39 is 0 Å². The van der Waals surface area contributed by atoms with E-state index in [0.29, 0.717) is 41.0 Å². The number of anilines is 3. The Morgan fingerprint density at radius 2 is 1.91 bits per heavy atom. The molecule has 0 bridgehead atoms. The van der Waals surface area contributed by atoms with Crippen molar-refractivity contribution in [2.24, 2.45) is 0 Å². The number of unbranched alkanes of at least 4 members (excludes halogenated alkanes) is 1. The van der Waals surface area contributed by atoms with Gasteiger partial charge in [0.2, 0.25) is 5.91 Å². The van der Waals surface area contributed by atoms with Gasteiger partial charge in [-0.15, -0.1) is 6.42 Å². The number of aromatic nitrogens is 2. The van der Waals surface area contributed by atoms with Crippen LogP contribution in [0, 0.1) is 12.3 Å². The minimum Gasteiger partial charge on any atom is -0.494 e. The summed E-state index contributed by atoms with van der Waals surface area (Å²) < 4.78 is 10.0. The second kappa shape index (κ2) is 10.8. The van der Waals surface area contributed by atoms with Gasteiger partial charge in [0, 0.05) is 35.5 Å². The molecule has 0 spiro atoms. The molecule has 0 saturated heterocycles. The Balaban J connectivity index is 1.80. The van der Waals surface area contributed by atoms with Gasteiger partial charge in [0.1, 0.15) is 17.9 Å². The van der Waals surface area contributed by atoms with Crippen molar-refractivity contribution in [3.63, 3.8) is 0 Å². The van der Waals surface area contributed by atoms with Crippen LogP contribution >= 0.6 is 0 Å². The van der Waals surface area contributed by atoms with E-state index in [0.717, 1.165) is 11.3 Å². The van der Waals surface area contributed by atoms with E-state index in [1.54, 1.807) is 12.1 Å². The lowest BCUT2D eigenvalue weighted by molar-refractivity contribution is -0.140. The first-order valence-electron chi connectivity index (χ1n) is 10.1. The zero-order valence-corrected chi connectivity index (χ0v) is 18.0. The van der Waals surface area contributed by atoms with E-state index in [1.165, 1.54) is 20.5 Å². The number of fused-ring (bicyclic) bond motifs is 1. The van der Waals surface area contributed by atoms with Crippen molar-refractivity contribution >= 4 is 40.0 Å². The maximum absolute atomic E-state index is 12.4. The summed E-state index contributed by atoms with van der Waals surface area (Å²) in [6.07, 6.45) is 8.64. The fourth-order valence-electron chi connectivity index (χ4n) is 3.14. The van der Waals surface area contributed by atoms with E-state index in [1.807, 2.05) is 24.3 Å². The monoisotopic (exact) mass is 432 g/mol.